The Morgan fingerprint density at radius 1 is 0.586 bits per heavy atom. The summed E-state index contributed by atoms with van der Waals surface area (Å²) in [5.41, 5.74) is 2.35. The van der Waals surface area contributed by atoms with Gasteiger partial charge in [-0.1, -0.05) is 47.8 Å². The van der Waals surface area contributed by atoms with Crippen molar-refractivity contribution in [1.82, 2.24) is 0 Å². The third-order valence-corrected chi connectivity index (χ3v) is 6.26. The van der Waals surface area contributed by atoms with Gasteiger partial charge in [-0.2, -0.15) is 0 Å². The molecule has 0 aromatic heterocycles. The Balaban J connectivity index is 2.02. The lowest BCUT2D eigenvalue weighted by molar-refractivity contribution is -0.948. The molecular weight excluding hydrogens is 566 g/mol. The van der Waals surface area contributed by atoms with Crippen molar-refractivity contribution in [2.24, 2.45) is 0 Å². The van der Waals surface area contributed by atoms with E-state index in [1.54, 1.807) is 36.4 Å². The highest BCUT2D eigenvalue weighted by molar-refractivity contribution is 9.11. The van der Waals surface area contributed by atoms with Crippen LogP contribution in [0.3, 0.4) is 0 Å². The second-order valence-corrected chi connectivity index (χ2v) is 10.2. The second kappa shape index (κ2) is 9.08. The number of benzene rings is 3. The summed E-state index contributed by atoms with van der Waals surface area (Å²) in [5.74, 6) is 0.651. The van der Waals surface area contributed by atoms with Crippen molar-refractivity contribution in [3.8, 4) is 17.2 Å². The number of halogens is 3. The van der Waals surface area contributed by atoms with Crippen LogP contribution in [0.2, 0.25) is 0 Å². The first kappa shape index (κ1) is 22.2. The third-order valence-electron chi connectivity index (χ3n) is 4.78. The van der Waals surface area contributed by atoms with Crippen LogP contribution in [0.5, 0.6) is 17.2 Å². The molecule has 0 unspecified atom stereocenters. The molecule has 0 heterocycles. The zero-order valence-corrected chi connectivity index (χ0v) is 20.5. The van der Waals surface area contributed by atoms with Gasteiger partial charge in [-0.05, 0) is 54.6 Å². The number of rotatable bonds is 6. The highest BCUT2D eigenvalue weighted by Crippen LogP contribution is 2.33. The van der Waals surface area contributed by atoms with Crippen molar-refractivity contribution in [2.75, 3.05) is 7.05 Å². The standard InChI is InChI=1S/C22H20Br3NO3/c1-26(11-14-8-17(23)2-5-20(14)27,12-15-9-18(24)3-6-21(15)28)13-16-10-19(25)4-7-22(16)29/h2-10H,11-13H2,1H3,(H2-,27,28,29)/p+1. The Morgan fingerprint density at radius 2 is 0.862 bits per heavy atom. The molecule has 152 valence electrons. The van der Waals surface area contributed by atoms with E-state index in [9.17, 15) is 15.3 Å². The molecule has 0 amide bonds. The predicted octanol–water partition coefficient (Wildman–Crippen LogP) is 6.44. The van der Waals surface area contributed by atoms with Crippen LogP contribution in [0.1, 0.15) is 16.7 Å². The zero-order valence-electron chi connectivity index (χ0n) is 15.7. The number of aromatic hydroxyl groups is 3. The normalized spacial score (nSPS) is 11.6. The lowest BCUT2D eigenvalue weighted by atomic mass is 10.1. The van der Waals surface area contributed by atoms with E-state index >= 15 is 0 Å². The van der Waals surface area contributed by atoms with Gasteiger partial charge in [0.05, 0.1) is 7.05 Å². The van der Waals surface area contributed by atoms with Gasteiger partial charge in [-0.15, -0.1) is 0 Å². The third kappa shape index (κ3) is 5.75. The molecule has 0 spiro atoms. The summed E-state index contributed by atoms with van der Waals surface area (Å²) >= 11 is 10.4. The maximum absolute atomic E-state index is 10.4. The largest absolute Gasteiger partial charge is 0.507 e. The summed E-state index contributed by atoms with van der Waals surface area (Å²) in [6.07, 6.45) is 0. The van der Waals surface area contributed by atoms with E-state index in [1.807, 2.05) is 25.2 Å². The minimum atomic E-state index is 0.217. The summed E-state index contributed by atoms with van der Waals surface area (Å²) in [4.78, 5) is 0. The average molecular weight is 587 g/mol. The Kier molecular flexibility index (Phi) is 6.94. The zero-order chi connectivity index (χ0) is 21.2. The molecule has 3 aromatic carbocycles. The number of nitrogens with zero attached hydrogens (tertiary/aromatic N) is 1. The molecular formula is C22H21Br3NO3+. The van der Waals surface area contributed by atoms with Gasteiger partial charge in [0, 0.05) is 30.1 Å². The van der Waals surface area contributed by atoms with Crippen LogP contribution in [0, 0.1) is 0 Å². The molecule has 0 fully saturated rings. The quantitative estimate of drug-likeness (QED) is 0.291. The molecule has 0 aliphatic carbocycles. The maximum Gasteiger partial charge on any atom is 0.124 e. The van der Waals surface area contributed by atoms with Crippen molar-refractivity contribution >= 4 is 47.8 Å². The summed E-state index contributed by atoms with van der Waals surface area (Å²) in [5, 5.41) is 31.1. The van der Waals surface area contributed by atoms with Crippen LogP contribution in [0.15, 0.2) is 68.0 Å². The molecule has 0 aliphatic heterocycles. The second-order valence-electron chi connectivity index (χ2n) is 7.41. The molecule has 0 aliphatic rings. The van der Waals surface area contributed by atoms with Gasteiger partial charge in [-0.25, -0.2) is 0 Å². The number of quaternary nitrogens is 1. The van der Waals surface area contributed by atoms with E-state index in [1.165, 1.54) is 0 Å². The molecule has 0 atom stereocenters. The van der Waals surface area contributed by atoms with Gasteiger partial charge < -0.3 is 19.8 Å². The van der Waals surface area contributed by atoms with Crippen LogP contribution in [-0.4, -0.2) is 26.9 Å². The monoisotopic (exact) mass is 584 g/mol. The lowest BCUT2D eigenvalue weighted by Crippen LogP contribution is -2.41. The molecule has 7 heteroatoms. The van der Waals surface area contributed by atoms with E-state index in [4.69, 9.17) is 0 Å². The number of hydrogen-bond donors (Lipinski definition) is 3. The van der Waals surface area contributed by atoms with Crippen molar-refractivity contribution in [1.29, 1.82) is 0 Å². The first-order valence-corrected chi connectivity index (χ1v) is 11.3. The fraction of sp³-hybridized carbons (Fsp3) is 0.182. The summed E-state index contributed by atoms with van der Waals surface area (Å²) in [6, 6.07) is 16.1. The Morgan fingerprint density at radius 3 is 1.14 bits per heavy atom. The van der Waals surface area contributed by atoms with Crippen molar-refractivity contribution in [2.45, 2.75) is 19.6 Å². The van der Waals surface area contributed by atoms with Gasteiger partial charge in [0.1, 0.15) is 36.9 Å². The van der Waals surface area contributed by atoms with Crippen LogP contribution in [0.25, 0.3) is 0 Å². The smallest absolute Gasteiger partial charge is 0.124 e. The van der Waals surface area contributed by atoms with E-state index in [0.717, 1.165) is 30.1 Å². The average Bonchev–Trinajstić information content (AvgIpc) is 2.64. The Hall–Kier alpha value is -1.54. The maximum atomic E-state index is 10.4. The van der Waals surface area contributed by atoms with Crippen molar-refractivity contribution in [3.63, 3.8) is 0 Å². The first-order valence-electron chi connectivity index (χ1n) is 8.91. The van der Waals surface area contributed by atoms with E-state index in [0.29, 0.717) is 24.1 Å². The van der Waals surface area contributed by atoms with Gasteiger partial charge in [0.25, 0.3) is 0 Å². The highest BCUT2D eigenvalue weighted by atomic mass is 79.9. The molecule has 4 nitrogen and oxygen atoms in total. The Labute approximate surface area is 195 Å². The Bertz CT molecular complexity index is 910. The molecule has 0 saturated heterocycles. The fourth-order valence-electron chi connectivity index (χ4n) is 3.44. The lowest BCUT2D eigenvalue weighted by Gasteiger charge is -2.35. The van der Waals surface area contributed by atoms with Crippen LogP contribution in [-0.2, 0) is 19.6 Å². The predicted molar refractivity (Wildman–Crippen MR) is 125 cm³/mol. The molecule has 3 rings (SSSR count). The first-order chi connectivity index (χ1) is 13.6. The summed E-state index contributed by atoms with van der Waals surface area (Å²) < 4.78 is 3.07. The fourth-order valence-corrected chi connectivity index (χ4v) is 4.67. The molecule has 0 saturated carbocycles. The van der Waals surface area contributed by atoms with Crippen LogP contribution >= 0.6 is 47.8 Å². The number of phenols is 3. The summed E-state index contributed by atoms with van der Waals surface area (Å²) in [6.45, 7) is 1.51. The van der Waals surface area contributed by atoms with Gasteiger partial charge in [-0.3, -0.25) is 0 Å². The highest BCUT2D eigenvalue weighted by Gasteiger charge is 2.28. The van der Waals surface area contributed by atoms with E-state index in [-0.39, 0.29) is 17.2 Å². The van der Waals surface area contributed by atoms with Crippen molar-refractivity contribution in [3.05, 3.63) is 84.7 Å². The molecule has 29 heavy (non-hydrogen) atoms. The van der Waals surface area contributed by atoms with E-state index in [2.05, 4.69) is 47.8 Å². The molecule has 3 aromatic rings. The number of phenolic OH excluding ortho intramolecular Hbond substituents is 3. The topological polar surface area (TPSA) is 60.7 Å². The van der Waals surface area contributed by atoms with Crippen molar-refractivity contribution < 1.29 is 19.8 Å². The molecule has 3 N–H and O–H groups in total. The SMILES string of the molecule is C[N+](Cc1cc(Br)ccc1O)(Cc1cc(Br)ccc1O)Cc1cc(Br)ccc1O. The van der Waals surface area contributed by atoms with E-state index < -0.39 is 0 Å². The minimum Gasteiger partial charge on any atom is -0.507 e. The van der Waals surface area contributed by atoms with Crippen LogP contribution < -0.4 is 0 Å². The number of hydrogen-bond acceptors (Lipinski definition) is 3. The molecule has 0 bridgehead atoms. The summed E-state index contributed by atoms with van der Waals surface area (Å²) in [7, 11) is 2.04. The van der Waals surface area contributed by atoms with Gasteiger partial charge in [0.2, 0.25) is 0 Å². The van der Waals surface area contributed by atoms with Gasteiger partial charge >= 0.3 is 0 Å². The minimum absolute atomic E-state index is 0.217. The van der Waals surface area contributed by atoms with Crippen LogP contribution in [0.4, 0.5) is 0 Å². The van der Waals surface area contributed by atoms with Gasteiger partial charge in [0.15, 0.2) is 0 Å². The molecule has 0 radical (unpaired) electrons.